The number of methoxy groups -OCH3 is 1. The first-order chi connectivity index (χ1) is 10.3. The van der Waals surface area contributed by atoms with Crippen molar-refractivity contribution in [1.29, 1.82) is 0 Å². The van der Waals surface area contributed by atoms with E-state index in [0.717, 1.165) is 11.3 Å². The second kappa shape index (κ2) is 5.87. The highest BCUT2D eigenvalue weighted by Crippen LogP contribution is 2.30. The van der Waals surface area contributed by atoms with Gasteiger partial charge in [-0.2, -0.15) is 10.2 Å². The van der Waals surface area contributed by atoms with Crippen molar-refractivity contribution in [1.82, 2.24) is 0 Å². The zero-order valence-corrected chi connectivity index (χ0v) is 11.8. The van der Waals surface area contributed by atoms with Crippen molar-refractivity contribution in [2.45, 2.75) is 12.0 Å². The van der Waals surface area contributed by atoms with Crippen LogP contribution in [0.3, 0.4) is 0 Å². The van der Waals surface area contributed by atoms with Gasteiger partial charge in [0, 0.05) is 11.5 Å². The first-order valence-electron chi connectivity index (χ1n) is 6.89. The lowest BCUT2D eigenvalue weighted by atomic mass is 9.88. The summed E-state index contributed by atoms with van der Waals surface area (Å²) >= 11 is 0. The number of benzene rings is 2. The van der Waals surface area contributed by atoms with Crippen LogP contribution >= 0.6 is 0 Å². The molecule has 1 aliphatic heterocycles. The Morgan fingerprint density at radius 1 is 1.10 bits per heavy atom. The molecule has 2 atom stereocenters. The van der Waals surface area contributed by atoms with Crippen LogP contribution in [-0.2, 0) is 0 Å². The average molecular weight is 280 g/mol. The third-order valence-corrected chi connectivity index (χ3v) is 3.74. The van der Waals surface area contributed by atoms with Gasteiger partial charge in [-0.3, -0.25) is 4.79 Å². The summed E-state index contributed by atoms with van der Waals surface area (Å²) in [5, 5.41) is 8.24. The molecule has 106 valence electrons. The fourth-order valence-corrected chi connectivity index (χ4v) is 2.55. The molecule has 0 saturated carbocycles. The second-order valence-electron chi connectivity index (χ2n) is 4.99. The predicted molar refractivity (Wildman–Crippen MR) is 80.0 cm³/mol. The normalized spacial score (nSPS) is 20.4. The third-order valence-electron chi connectivity index (χ3n) is 3.74. The van der Waals surface area contributed by atoms with Crippen LogP contribution in [0.2, 0.25) is 0 Å². The van der Waals surface area contributed by atoms with Crippen molar-refractivity contribution in [2.75, 3.05) is 13.7 Å². The lowest BCUT2D eigenvalue weighted by Crippen LogP contribution is -2.24. The van der Waals surface area contributed by atoms with Gasteiger partial charge in [-0.15, -0.1) is 0 Å². The van der Waals surface area contributed by atoms with Gasteiger partial charge in [0.05, 0.1) is 13.7 Å². The molecule has 1 heterocycles. The Kier molecular flexibility index (Phi) is 3.77. The van der Waals surface area contributed by atoms with Crippen LogP contribution in [0.4, 0.5) is 0 Å². The van der Waals surface area contributed by atoms with E-state index in [0.29, 0.717) is 12.1 Å². The van der Waals surface area contributed by atoms with Gasteiger partial charge in [0.2, 0.25) is 0 Å². The van der Waals surface area contributed by atoms with E-state index in [1.165, 1.54) is 0 Å². The average Bonchev–Trinajstić information content (AvgIpc) is 3.04. The summed E-state index contributed by atoms with van der Waals surface area (Å²) in [4.78, 5) is 12.6. The van der Waals surface area contributed by atoms with Gasteiger partial charge in [0.15, 0.2) is 5.78 Å². The molecular formula is C17H16N2O2. The number of carbonyl (C=O) groups is 1. The summed E-state index contributed by atoms with van der Waals surface area (Å²) in [5.74, 6) is 0.771. The van der Waals surface area contributed by atoms with E-state index in [9.17, 15) is 4.79 Å². The maximum absolute atomic E-state index is 12.6. The molecule has 0 radical (unpaired) electrons. The molecule has 0 aromatic heterocycles. The number of hydrogen-bond acceptors (Lipinski definition) is 4. The molecule has 0 amide bonds. The zero-order valence-electron chi connectivity index (χ0n) is 11.8. The van der Waals surface area contributed by atoms with E-state index in [1.807, 2.05) is 30.3 Å². The Bertz CT molecular complexity index is 650. The molecule has 0 aliphatic carbocycles. The van der Waals surface area contributed by atoms with Crippen LogP contribution in [-0.4, -0.2) is 25.5 Å². The van der Waals surface area contributed by atoms with Gasteiger partial charge in [-0.05, 0) is 29.8 Å². The standard InChI is InChI=1S/C17H16N2O2/c1-21-14-9-7-13(8-10-14)17(20)16-15(11-18-19-16)12-5-3-2-4-6-12/h2-10,15-16H,11H2,1H3. The summed E-state index contributed by atoms with van der Waals surface area (Å²) in [6.07, 6.45) is 0. The Labute approximate surface area is 123 Å². The fourth-order valence-electron chi connectivity index (χ4n) is 2.55. The molecule has 0 fully saturated rings. The zero-order chi connectivity index (χ0) is 14.7. The minimum Gasteiger partial charge on any atom is -0.497 e. The van der Waals surface area contributed by atoms with Gasteiger partial charge in [0.25, 0.3) is 0 Å². The number of ketones is 1. The summed E-state index contributed by atoms with van der Waals surface area (Å²) in [6.45, 7) is 0.566. The van der Waals surface area contributed by atoms with E-state index in [1.54, 1.807) is 31.4 Å². The fraction of sp³-hybridized carbons (Fsp3) is 0.235. The highest BCUT2D eigenvalue weighted by atomic mass is 16.5. The van der Waals surface area contributed by atoms with Crippen molar-refractivity contribution in [3.05, 3.63) is 65.7 Å². The Balaban J connectivity index is 1.84. The van der Waals surface area contributed by atoms with E-state index in [-0.39, 0.29) is 11.7 Å². The van der Waals surface area contributed by atoms with Crippen LogP contribution in [0.25, 0.3) is 0 Å². The van der Waals surface area contributed by atoms with Crippen molar-refractivity contribution in [2.24, 2.45) is 10.2 Å². The largest absolute Gasteiger partial charge is 0.497 e. The van der Waals surface area contributed by atoms with E-state index >= 15 is 0 Å². The van der Waals surface area contributed by atoms with Gasteiger partial charge in [-0.25, -0.2) is 0 Å². The smallest absolute Gasteiger partial charge is 0.189 e. The van der Waals surface area contributed by atoms with Crippen LogP contribution in [0.1, 0.15) is 21.8 Å². The molecule has 4 heteroatoms. The third kappa shape index (κ3) is 2.70. The summed E-state index contributed by atoms with van der Waals surface area (Å²) in [7, 11) is 1.60. The summed E-state index contributed by atoms with van der Waals surface area (Å²) < 4.78 is 5.11. The van der Waals surface area contributed by atoms with Crippen molar-refractivity contribution in [3.63, 3.8) is 0 Å². The lowest BCUT2D eigenvalue weighted by Gasteiger charge is -2.15. The predicted octanol–water partition coefficient (Wildman–Crippen LogP) is 3.50. The van der Waals surface area contributed by atoms with Crippen LogP contribution < -0.4 is 4.74 Å². The summed E-state index contributed by atoms with van der Waals surface area (Å²) in [5.41, 5.74) is 1.75. The molecular weight excluding hydrogens is 264 g/mol. The molecule has 4 nitrogen and oxygen atoms in total. The maximum atomic E-state index is 12.6. The monoisotopic (exact) mass is 280 g/mol. The molecule has 0 spiro atoms. The van der Waals surface area contributed by atoms with Crippen molar-refractivity contribution < 1.29 is 9.53 Å². The van der Waals surface area contributed by atoms with E-state index in [2.05, 4.69) is 10.2 Å². The van der Waals surface area contributed by atoms with Crippen LogP contribution in [0.5, 0.6) is 5.75 Å². The van der Waals surface area contributed by atoms with Gasteiger partial charge in [-0.1, -0.05) is 30.3 Å². The Hall–Kier alpha value is -2.49. The van der Waals surface area contributed by atoms with Crippen molar-refractivity contribution >= 4 is 5.78 Å². The summed E-state index contributed by atoms with van der Waals surface area (Å²) in [6, 6.07) is 16.7. The van der Waals surface area contributed by atoms with Gasteiger partial charge < -0.3 is 4.74 Å². The number of carbonyl (C=O) groups excluding carboxylic acids is 1. The molecule has 2 aromatic rings. The van der Waals surface area contributed by atoms with E-state index < -0.39 is 6.04 Å². The molecule has 2 unspecified atom stereocenters. The Morgan fingerprint density at radius 3 is 2.48 bits per heavy atom. The SMILES string of the molecule is COc1ccc(C(=O)C2N=NCC2c2ccccc2)cc1. The van der Waals surface area contributed by atoms with Crippen LogP contribution in [0.15, 0.2) is 64.8 Å². The van der Waals surface area contributed by atoms with Crippen molar-refractivity contribution in [3.8, 4) is 5.75 Å². The number of nitrogens with zero attached hydrogens (tertiary/aromatic N) is 2. The maximum Gasteiger partial charge on any atom is 0.189 e. The van der Waals surface area contributed by atoms with Crippen LogP contribution in [0, 0.1) is 0 Å². The number of azo groups is 1. The number of ether oxygens (including phenoxy) is 1. The highest BCUT2D eigenvalue weighted by Gasteiger charge is 2.33. The minimum atomic E-state index is -0.430. The topological polar surface area (TPSA) is 51.0 Å². The van der Waals surface area contributed by atoms with E-state index in [4.69, 9.17) is 4.74 Å². The molecule has 0 saturated heterocycles. The number of Topliss-reactive ketones (excluding diaryl/α,β-unsaturated/α-hetero) is 1. The quantitative estimate of drug-likeness (QED) is 0.805. The molecule has 0 N–H and O–H groups in total. The molecule has 0 bridgehead atoms. The number of hydrogen-bond donors (Lipinski definition) is 0. The molecule has 3 rings (SSSR count). The second-order valence-corrected chi connectivity index (χ2v) is 4.99. The molecule has 2 aromatic carbocycles. The first-order valence-corrected chi connectivity index (χ1v) is 6.89. The number of rotatable bonds is 4. The Morgan fingerprint density at radius 2 is 1.81 bits per heavy atom. The highest BCUT2D eigenvalue weighted by molar-refractivity contribution is 6.01. The molecule has 21 heavy (non-hydrogen) atoms. The molecule has 1 aliphatic rings. The van der Waals surface area contributed by atoms with Gasteiger partial charge in [0.1, 0.15) is 11.8 Å². The van der Waals surface area contributed by atoms with Gasteiger partial charge >= 0.3 is 0 Å². The minimum absolute atomic E-state index is 0.00718. The first kappa shape index (κ1) is 13.5. The lowest BCUT2D eigenvalue weighted by molar-refractivity contribution is 0.0956.